The number of anilines is 1. The summed E-state index contributed by atoms with van der Waals surface area (Å²) >= 11 is 7.77. The molecule has 0 fully saturated rings. The quantitative estimate of drug-likeness (QED) is 0.0555. The normalized spacial score (nSPS) is 11.6. The molecule has 2 aromatic carbocycles. The van der Waals surface area contributed by atoms with Crippen molar-refractivity contribution >= 4 is 85.4 Å². The first-order valence-corrected chi connectivity index (χ1v) is 19.4. The van der Waals surface area contributed by atoms with Crippen molar-refractivity contribution in [3.05, 3.63) is 35.4 Å². The van der Waals surface area contributed by atoms with Crippen LogP contribution in [0.2, 0.25) is 0 Å². The van der Waals surface area contributed by atoms with Crippen LogP contribution in [0.1, 0.15) is 24.0 Å². The summed E-state index contributed by atoms with van der Waals surface area (Å²) in [4.78, 5) is 0.544. The zero-order chi connectivity index (χ0) is 29.6. The Labute approximate surface area is 263 Å². The van der Waals surface area contributed by atoms with Crippen LogP contribution in [0, 0.1) is 13.8 Å². The highest BCUT2D eigenvalue weighted by molar-refractivity contribution is 8.05. The van der Waals surface area contributed by atoms with Crippen LogP contribution >= 0.6 is 69.7 Å². The average molecular weight is 690 g/mol. The minimum Gasteiger partial charge on any atom is -0.507 e. The van der Waals surface area contributed by atoms with Gasteiger partial charge in [0.15, 0.2) is 23.1 Å². The van der Waals surface area contributed by atoms with Gasteiger partial charge in [-0.2, -0.15) is 0 Å². The Bertz CT molecular complexity index is 1610. The number of hydrogen-bond donors (Lipinski definition) is 3. The molecule has 0 atom stereocenters. The van der Waals surface area contributed by atoms with E-state index in [1.807, 2.05) is 44.6 Å². The van der Waals surface area contributed by atoms with Gasteiger partial charge >= 0.3 is 0 Å². The maximum absolute atomic E-state index is 12.9. The van der Waals surface area contributed by atoms with Gasteiger partial charge in [-0.25, -0.2) is 8.42 Å². The number of benzene rings is 2. The lowest BCUT2D eigenvalue weighted by Crippen LogP contribution is -2.17. The molecule has 0 saturated heterocycles. The van der Waals surface area contributed by atoms with Crippen molar-refractivity contribution in [2.75, 3.05) is 29.6 Å². The molecule has 4 aromatic rings. The first kappa shape index (κ1) is 32.0. The summed E-state index contributed by atoms with van der Waals surface area (Å²) < 4.78 is 36.6. The highest BCUT2D eigenvalue weighted by atomic mass is 32.2. The molecule has 0 radical (unpaired) electrons. The summed E-state index contributed by atoms with van der Waals surface area (Å²) in [5.74, 6) is 0.0502. The lowest BCUT2D eigenvalue weighted by atomic mass is 10.1. The Morgan fingerprint density at radius 2 is 1.49 bits per heavy atom. The topological polar surface area (TPSA) is 147 Å². The van der Waals surface area contributed by atoms with E-state index in [0.717, 1.165) is 49.1 Å². The standard InChI is InChI=1S/C24H27N5O5S7/c1-13-7-8-17(14(2)11-13)34-9-5-6-10-41(32,33)29-15-12-16(30)19(37-23-27-25-21(35-3)39-23)20(18(15)31)38-24-28-26-22(36-4)40-24/h7-8,11-12,29-31H,5-6,9-10H2,1-4H3. The predicted molar refractivity (Wildman–Crippen MR) is 169 cm³/mol. The van der Waals surface area contributed by atoms with Gasteiger partial charge in [0.2, 0.25) is 10.0 Å². The number of aromatic hydroxyl groups is 2. The van der Waals surface area contributed by atoms with E-state index in [1.54, 1.807) is 0 Å². The number of aromatic nitrogens is 4. The molecule has 0 unspecified atom stereocenters. The number of rotatable bonds is 14. The number of ether oxygens (including phenoxy) is 1. The lowest BCUT2D eigenvalue weighted by molar-refractivity contribution is 0.307. The van der Waals surface area contributed by atoms with Crippen LogP contribution in [0.25, 0.3) is 0 Å². The number of unbranched alkanes of at least 4 members (excludes halogenated alkanes) is 1. The molecule has 0 saturated carbocycles. The van der Waals surface area contributed by atoms with Crippen LogP contribution in [0.5, 0.6) is 17.2 Å². The third-order valence-electron chi connectivity index (χ3n) is 5.35. The lowest BCUT2D eigenvalue weighted by Gasteiger charge is -2.16. The van der Waals surface area contributed by atoms with E-state index >= 15 is 0 Å². The molecule has 0 amide bonds. The number of hydrogen-bond acceptors (Lipinski definition) is 15. The first-order chi connectivity index (χ1) is 19.6. The second-order valence-corrected chi connectivity index (χ2v) is 16.9. The molecule has 3 N–H and O–H groups in total. The molecule has 0 bridgehead atoms. The molecule has 17 heteroatoms. The van der Waals surface area contributed by atoms with Crippen molar-refractivity contribution in [2.24, 2.45) is 0 Å². The fraction of sp³-hybridized carbons (Fsp3) is 0.333. The van der Waals surface area contributed by atoms with E-state index in [4.69, 9.17) is 4.74 Å². The summed E-state index contributed by atoms with van der Waals surface area (Å²) in [6.45, 7) is 4.36. The zero-order valence-corrected chi connectivity index (χ0v) is 28.1. The molecule has 4 rings (SSSR count). The summed E-state index contributed by atoms with van der Waals surface area (Å²) in [5.41, 5.74) is 2.05. The van der Waals surface area contributed by atoms with E-state index in [1.165, 1.54) is 52.3 Å². The number of nitrogens with zero attached hydrogens (tertiary/aromatic N) is 4. The van der Waals surface area contributed by atoms with Gasteiger partial charge in [0, 0.05) is 6.07 Å². The number of phenolic OH excluding ortho intramolecular Hbond substituents is 2. The highest BCUT2D eigenvalue weighted by Crippen LogP contribution is 2.52. The summed E-state index contributed by atoms with van der Waals surface area (Å²) in [6, 6.07) is 7.11. The third kappa shape index (κ3) is 8.81. The van der Waals surface area contributed by atoms with Gasteiger partial charge in [-0.05, 0) is 50.8 Å². The summed E-state index contributed by atoms with van der Waals surface area (Å²) in [5, 5.41) is 38.6. The minimum atomic E-state index is -3.84. The largest absolute Gasteiger partial charge is 0.507 e. The molecule has 0 aliphatic rings. The van der Waals surface area contributed by atoms with Gasteiger partial charge in [0.25, 0.3) is 0 Å². The van der Waals surface area contributed by atoms with Gasteiger partial charge in [-0.15, -0.1) is 20.4 Å². The molecule has 10 nitrogen and oxygen atoms in total. The van der Waals surface area contributed by atoms with Crippen LogP contribution in [-0.4, -0.2) is 63.9 Å². The fourth-order valence-corrected chi connectivity index (χ4v) is 9.79. The second-order valence-electron chi connectivity index (χ2n) is 8.48. The monoisotopic (exact) mass is 689 g/mol. The molecule has 41 heavy (non-hydrogen) atoms. The zero-order valence-electron chi connectivity index (χ0n) is 22.4. The maximum atomic E-state index is 12.9. The van der Waals surface area contributed by atoms with Gasteiger partial charge in [0.05, 0.1) is 27.8 Å². The van der Waals surface area contributed by atoms with E-state index in [2.05, 4.69) is 25.1 Å². The molecule has 0 spiro atoms. The van der Waals surface area contributed by atoms with Crippen LogP contribution in [0.4, 0.5) is 5.69 Å². The van der Waals surface area contributed by atoms with Crippen molar-refractivity contribution in [3.63, 3.8) is 0 Å². The Balaban J connectivity index is 1.49. The number of thioether (sulfide) groups is 2. The fourth-order valence-electron chi connectivity index (χ4n) is 3.46. The van der Waals surface area contributed by atoms with Crippen molar-refractivity contribution in [1.29, 1.82) is 0 Å². The van der Waals surface area contributed by atoms with Gasteiger partial charge < -0.3 is 14.9 Å². The average Bonchev–Trinajstić information content (AvgIpc) is 3.59. The smallest absolute Gasteiger partial charge is 0.232 e. The summed E-state index contributed by atoms with van der Waals surface area (Å²) in [7, 11) is -3.84. The Morgan fingerprint density at radius 3 is 2.07 bits per heavy atom. The number of aryl methyl sites for hydroxylation is 2. The molecular weight excluding hydrogens is 663 g/mol. The third-order valence-corrected chi connectivity index (χ3v) is 13.0. The van der Waals surface area contributed by atoms with E-state index < -0.39 is 10.0 Å². The first-order valence-electron chi connectivity index (χ1n) is 12.0. The van der Waals surface area contributed by atoms with Crippen LogP contribution in [0.15, 0.2) is 51.4 Å². The number of phenols is 2. The van der Waals surface area contributed by atoms with Crippen LogP contribution in [-0.2, 0) is 10.0 Å². The highest BCUT2D eigenvalue weighted by Gasteiger charge is 2.25. The number of sulfonamides is 1. The molecule has 2 aromatic heterocycles. The van der Waals surface area contributed by atoms with Crippen molar-refractivity contribution in [1.82, 2.24) is 20.4 Å². The number of nitrogens with one attached hydrogen (secondary N) is 1. The molecule has 0 aliphatic carbocycles. The molecule has 220 valence electrons. The van der Waals surface area contributed by atoms with Gasteiger partial charge in [-0.3, -0.25) is 4.72 Å². The van der Waals surface area contributed by atoms with Crippen molar-refractivity contribution in [2.45, 2.75) is 53.8 Å². The SMILES string of the molecule is CSc1nnc(Sc2c(O)cc(NS(=O)(=O)CCCCOc3ccc(C)cc3C)c(O)c2Sc2nnc(SC)s2)s1. The molecule has 0 aliphatic heterocycles. The Morgan fingerprint density at radius 1 is 0.878 bits per heavy atom. The van der Waals surface area contributed by atoms with Crippen LogP contribution in [0.3, 0.4) is 0 Å². The summed E-state index contributed by atoms with van der Waals surface area (Å²) in [6.07, 6.45) is 4.64. The van der Waals surface area contributed by atoms with Gasteiger partial charge in [0.1, 0.15) is 11.5 Å². The Hall–Kier alpha value is -1.89. The van der Waals surface area contributed by atoms with E-state index in [0.29, 0.717) is 33.0 Å². The van der Waals surface area contributed by atoms with E-state index in [9.17, 15) is 18.6 Å². The molecular formula is C24H27N5O5S7. The molecule has 2 heterocycles. The maximum Gasteiger partial charge on any atom is 0.232 e. The van der Waals surface area contributed by atoms with Gasteiger partial charge in [-0.1, -0.05) is 87.4 Å². The predicted octanol–water partition coefficient (Wildman–Crippen LogP) is 6.76. The van der Waals surface area contributed by atoms with Crippen LogP contribution < -0.4 is 9.46 Å². The second kappa shape index (κ2) is 14.5. The Kier molecular flexibility index (Phi) is 11.3. The van der Waals surface area contributed by atoms with Crippen molar-refractivity contribution in [3.8, 4) is 17.2 Å². The van der Waals surface area contributed by atoms with E-state index in [-0.39, 0.29) is 27.8 Å². The minimum absolute atomic E-state index is 0.127. The van der Waals surface area contributed by atoms with Crippen molar-refractivity contribution < 1.29 is 23.4 Å².